The first-order valence-corrected chi connectivity index (χ1v) is 4.11. The third-order valence-corrected chi connectivity index (χ3v) is 1.39. The maximum atomic E-state index is 10.6. The maximum Gasteiger partial charge on any atom is 0.363 e. The van der Waals surface area contributed by atoms with Crippen LogP contribution in [0, 0.1) is 0 Å². The van der Waals surface area contributed by atoms with E-state index in [2.05, 4.69) is 9.47 Å². The summed E-state index contributed by atoms with van der Waals surface area (Å²) in [6.07, 6.45) is -1.18. The Morgan fingerprint density at radius 3 is 2.07 bits per heavy atom. The van der Waals surface area contributed by atoms with Crippen LogP contribution < -0.4 is 0 Å². The van der Waals surface area contributed by atoms with Crippen molar-refractivity contribution in [3.8, 4) is 0 Å². The Hall–Kier alpha value is -1.14. The third-order valence-electron chi connectivity index (χ3n) is 1.39. The molecular formula is C8H14O6. The molecule has 0 fully saturated rings. The molecule has 2 N–H and O–H groups in total. The van der Waals surface area contributed by atoms with Crippen molar-refractivity contribution >= 4 is 11.9 Å². The summed E-state index contributed by atoms with van der Waals surface area (Å²) in [5, 5.41) is 18.5. The van der Waals surface area contributed by atoms with Gasteiger partial charge in [-0.3, -0.25) is 9.59 Å². The van der Waals surface area contributed by atoms with Gasteiger partial charge < -0.3 is 19.7 Å². The zero-order valence-electron chi connectivity index (χ0n) is 8.31. The van der Waals surface area contributed by atoms with E-state index in [9.17, 15) is 19.8 Å². The second-order valence-corrected chi connectivity index (χ2v) is 2.76. The third kappa shape index (κ3) is 4.20. The molecule has 6 heteroatoms. The summed E-state index contributed by atoms with van der Waals surface area (Å²) < 4.78 is 8.74. The summed E-state index contributed by atoms with van der Waals surface area (Å²) in [6.45, 7) is 3.69. The molecule has 0 saturated heterocycles. The van der Waals surface area contributed by atoms with Crippen LogP contribution in [0.25, 0.3) is 0 Å². The molecule has 1 unspecified atom stereocenters. The van der Waals surface area contributed by atoms with Gasteiger partial charge in [-0.05, 0) is 6.42 Å². The molecule has 0 aliphatic heterocycles. The average molecular weight is 206 g/mol. The van der Waals surface area contributed by atoms with E-state index in [0.29, 0.717) is 0 Å². The molecule has 0 amide bonds. The largest absolute Gasteiger partial charge is 0.453 e. The van der Waals surface area contributed by atoms with Crippen molar-refractivity contribution in [1.29, 1.82) is 0 Å². The highest BCUT2D eigenvalue weighted by Gasteiger charge is 2.39. The number of esters is 2. The number of carbonyl (C=O) groups is 2. The highest BCUT2D eigenvalue weighted by atomic mass is 16.8. The van der Waals surface area contributed by atoms with E-state index < -0.39 is 24.0 Å². The van der Waals surface area contributed by atoms with Crippen molar-refractivity contribution < 1.29 is 29.3 Å². The highest BCUT2D eigenvalue weighted by molar-refractivity contribution is 5.67. The summed E-state index contributed by atoms with van der Waals surface area (Å²) in [7, 11) is 0. The summed E-state index contributed by atoms with van der Waals surface area (Å²) >= 11 is 0. The summed E-state index contributed by atoms with van der Waals surface area (Å²) in [5.74, 6) is -4.33. The minimum Gasteiger partial charge on any atom is -0.453 e. The van der Waals surface area contributed by atoms with E-state index in [1.165, 1.54) is 0 Å². The van der Waals surface area contributed by atoms with Gasteiger partial charge in [-0.2, -0.15) is 0 Å². The van der Waals surface area contributed by atoms with Gasteiger partial charge in [0.1, 0.15) is 0 Å². The standard InChI is InChI=1S/C8H14O6/c1-4-7(13-5(2)9)8(11,12)14-6(3)10/h7,11-12H,4H2,1-3H3. The number of aliphatic hydroxyl groups is 2. The molecule has 0 saturated carbocycles. The molecule has 0 rings (SSSR count). The fourth-order valence-corrected chi connectivity index (χ4v) is 0.904. The van der Waals surface area contributed by atoms with Crippen LogP contribution in [0.5, 0.6) is 0 Å². The van der Waals surface area contributed by atoms with Gasteiger partial charge in [0.15, 0.2) is 6.10 Å². The van der Waals surface area contributed by atoms with E-state index in [-0.39, 0.29) is 6.42 Å². The van der Waals surface area contributed by atoms with Crippen molar-refractivity contribution in [2.24, 2.45) is 0 Å². The molecule has 0 aromatic carbocycles. The topological polar surface area (TPSA) is 93.1 Å². The van der Waals surface area contributed by atoms with Gasteiger partial charge in [-0.1, -0.05) is 6.92 Å². The van der Waals surface area contributed by atoms with Crippen LogP contribution in [0.4, 0.5) is 0 Å². The summed E-state index contributed by atoms with van der Waals surface area (Å²) in [4.78, 5) is 21.0. The Morgan fingerprint density at radius 2 is 1.79 bits per heavy atom. The summed E-state index contributed by atoms with van der Waals surface area (Å²) in [5.41, 5.74) is 0. The monoisotopic (exact) mass is 206 g/mol. The number of rotatable bonds is 4. The van der Waals surface area contributed by atoms with Gasteiger partial charge >= 0.3 is 17.9 Å². The SMILES string of the molecule is CCC(OC(C)=O)C(O)(O)OC(C)=O. The fourth-order valence-electron chi connectivity index (χ4n) is 0.904. The smallest absolute Gasteiger partial charge is 0.363 e. The number of carbonyl (C=O) groups excluding carboxylic acids is 2. The fraction of sp³-hybridized carbons (Fsp3) is 0.750. The van der Waals surface area contributed by atoms with Crippen molar-refractivity contribution in [3.63, 3.8) is 0 Å². The minimum atomic E-state index is -2.77. The predicted octanol–water partition coefficient (Wildman–Crippen LogP) is -0.470. The Morgan fingerprint density at radius 1 is 1.29 bits per heavy atom. The lowest BCUT2D eigenvalue weighted by Crippen LogP contribution is -2.47. The zero-order valence-corrected chi connectivity index (χ0v) is 8.31. The van der Waals surface area contributed by atoms with Crippen molar-refractivity contribution in [2.75, 3.05) is 0 Å². The van der Waals surface area contributed by atoms with Crippen LogP contribution in [0.1, 0.15) is 27.2 Å². The quantitative estimate of drug-likeness (QED) is 0.477. The molecule has 1 atom stereocenters. The molecule has 0 bridgehead atoms. The molecule has 0 radical (unpaired) electrons. The molecule has 0 spiro atoms. The predicted molar refractivity (Wildman–Crippen MR) is 44.8 cm³/mol. The molecule has 14 heavy (non-hydrogen) atoms. The number of ether oxygens (including phenoxy) is 2. The Bertz CT molecular complexity index is 222. The van der Waals surface area contributed by atoms with Crippen molar-refractivity contribution in [2.45, 2.75) is 39.3 Å². The number of hydrogen-bond acceptors (Lipinski definition) is 6. The first kappa shape index (κ1) is 12.9. The van der Waals surface area contributed by atoms with Gasteiger partial charge in [-0.15, -0.1) is 0 Å². The molecule has 0 heterocycles. The van der Waals surface area contributed by atoms with Crippen molar-refractivity contribution in [1.82, 2.24) is 0 Å². The lowest BCUT2D eigenvalue weighted by molar-refractivity contribution is -0.358. The van der Waals surface area contributed by atoms with E-state index in [1.807, 2.05) is 0 Å². The van der Waals surface area contributed by atoms with Gasteiger partial charge in [0.05, 0.1) is 0 Å². The van der Waals surface area contributed by atoms with Crippen LogP contribution in [0.15, 0.2) is 0 Å². The Kier molecular flexibility index (Phi) is 4.52. The van der Waals surface area contributed by atoms with Crippen LogP contribution in [-0.2, 0) is 19.1 Å². The van der Waals surface area contributed by atoms with Crippen LogP contribution in [0.2, 0.25) is 0 Å². The van der Waals surface area contributed by atoms with E-state index in [0.717, 1.165) is 13.8 Å². The molecule has 6 nitrogen and oxygen atoms in total. The van der Waals surface area contributed by atoms with Crippen LogP contribution in [-0.4, -0.2) is 34.2 Å². The lowest BCUT2D eigenvalue weighted by Gasteiger charge is -2.28. The molecule has 0 aliphatic carbocycles. The van der Waals surface area contributed by atoms with Gasteiger partial charge in [-0.25, -0.2) is 0 Å². The van der Waals surface area contributed by atoms with E-state index in [1.54, 1.807) is 6.92 Å². The molecule has 0 aromatic rings. The average Bonchev–Trinajstić information content (AvgIpc) is 1.96. The highest BCUT2D eigenvalue weighted by Crippen LogP contribution is 2.16. The second-order valence-electron chi connectivity index (χ2n) is 2.76. The molecular weight excluding hydrogens is 192 g/mol. The zero-order chi connectivity index (χ0) is 11.4. The minimum absolute atomic E-state index is 0.111. The van der Waals surface area contributed by atoms with Crippen molar-refractivity contribution in [3.05, 3.63) is 0 Å². The van der Waals surface area contributed by atoms with Gasteiger partial charge in [0, 0.05) is 13.8 Å². The number of hydrogen-bond donors (Lipinski definition) is 2. The molecule has 0 aliphatic rings. The Balaban J connectivity index is 4.47. The normalized spacial score (nSPS) is 13.2. The summed E-state index contributed by atoms with van der Waals surface area (Å²) in [6, 6.07) is 0. The second kappa shape index (κ2) is 4.92. The Labute approximate surface area is 81.4 Å². The first-order valence-electron chi connectivity index (χ1n) is 4.11. The van der Waals surface area contributed by atoms with E-state index >= 15 is 0 Å². The van der Waals surface area contributed by atoms with Crippen LogP contribution >= 0.6 is 0 Å². The maximum absolute atomic E-state index is 10.6. The molecule has 82 valence electrons. The van der Waals surface area contributed by atoms with Gasteiger partial charge in [0.25, 0.3) is 0 Å². The van der Waals surface area contributed by atoms with Crippen LogP contribution in [0.3, 0.4) is 0 Å². The first-order chi connectivity index (χ1) is 6.29. The van der Waals surface area contributed by atoms with Gasteiger partial charge in [0.2, 0.25) is 0 Å². The lowest BCUT2D eigenvalue weighted by atomic mass is 10.2. The molecule has 0 aromatic heterocycles. The van der Waals surface area contributed by atoms with E-state index in [4.69, 9.17) is 0 Å².